The zero-order chi connectivity index (χ0) is 13.1. The first-order valence-electron chi connectivity index (χ1n) is 6.58. The van der Waals surface area contributed by atoms with Crippen LogP contribution < -0.4 is 5.32 Å². The van der Waals surface area contributed by atoms with Crippen molar-refractivity contribution in [3.8, 4) is 0 Å². The minimum atomic E-state index is -0.158. The Hall–Kier alpha value is -0.650. The normalized spacial score (nSPS) is 16.6. The minimum absolute atomic E-state index is 0. The second-order valence-electron chi connectivity index (χ2n) is 4.76. The predicted molar refractivity (Wildman–Crippen MR) is 91.5 cm³/mol. The molecule has 2 aromatic rings. The molecule has 0 radical (unpaired) electrons. The third kappa shape index (κ3) is 4.41. The van der Waals surface area contributed by atoms with Crippen LogP contribution in [0.3, 0.4) is 0 Å². The van der Waals surface area contributed by atoms with E-state index in [1.54, 1.807) is 23.5 Å². The molecule has 116 valence electrons. The standard InChI is InChI=1S/C15H17FN2S.2ClH/c16-13-4-1-3-12(11-13)15(14-5-2-10-19-14)18-8-6-17-7-9-18;;/h1-5,10-11,15,17H,6-9H2;2*1H/t15-;;/m1../s1. The number of thiophene rings is 1. The summed E-state index contributed by atoms with van der Waals surface area (Å²) in [6, 6.07) is 11.4. The second kappa shape index (κ2) is 8.71. The maximum Gasteiger partial charge on any atom is 0.123 e. The van der Waals surface area contributed by atoms with Gasteiger partial charge < -0.3 is 5.32 Å². The van der Waals surface area contributed by atoms with E-state index in [2.05, 4.69) is 27.7 Å². The first-order chi connectivity index (χ1) is 9.34. The van der Waals surface area contributed by atoms with Gasteiger partial charge in [-0.2, -0.15) is 0 Å². The van der Waals surface area contributed by atoms with Crippen LogP contribution in [0.15, 0.2) is 41.8 Å². The number of rotatable bonds is 3. The van der Waals surface area contributed by atoms with Crippen molar-refractivity contribution in [3.63, 3.8) is 0 Å². The third-order valence-corrected chi connectivity index (χ3v) is 4.42. The average Bonchev–Trinajstić information content (AvgIpc) is 2.94. The number of hydrogen-bond donors (Lipinski definition) is 1. The van der Waals surface area contributed by atoms with Crippen LogP contribution in [-0.2, 0) is 0 Å². The van der Waals surface area contributed by atoms with Gasteiger partial charge in [0.05, 0.1) is 6.04 Å². The molecule has 6 heteroatoms. The number of halogens is 3. The van der Waals surface area contributed by atoms with E-state index in [0.29, 0.717) is 0 Å². The highest BCUT2D eigenvalue weighted by molar-refractivity contribution is 7.10. The molecular weight excluding hydrogens is 330 g/mol. The van der Waals surface area contributed by atoms with Gasteiger partial charge in [-0.1, -0.05) is 18.2 Å². The molecule has 0 spiro atoms. The molecule has 1 aliphatic rings. The molecule has 1 fully saturated rings. The third-order valence-electron chi connectivity index (χ3n) is 3.49. The van der Waals surface area contributed by atoms with Gasteiger partial charge in [0.2, 0.25) is 0 Å². The Morgan fingerprint density at radius 1 is 1.10 bits per heavy atom. The molecule has 1 N–H and O–H groups in total. The molecule has 2 heterocycles. The van der Waals surface area contributed by atoms with Crippen molar-refractivity contribution in [3.05, 3.63) is 58.0 Å². The summed E-state index contributed by atoms with van der Waals surface area (Å²) >= 11 is 1.74. The van der Waals surface area contributed by atoms with E-state index in [9.17, 15) is 4.39 Å². The lowest BCUT2D eigenvalue weighted by atomic mass is 10.0. The van der Waals surface area contributed by atoms with Crippen LogP contribution in [0.5, 0.6) is 0 Å². The topological polar surface area (TPSA) is 15.3 Å². The monoisotopic (exact) mass is 348 g/mol. The largest absolute Gasteiger partial charge is 0.314 e. The van der Waals surface area contributed by atoms with Crippen LogP contribution in [0.4, 0.5) is 4.39 Å². The van der Waals surface area contributed by atoms with Crippen molar-refractivity contribution < 1.29 is 4.39 Å². The van der Waals surface area contributed by atoms with Crippen molar-refractivity contribution in [1.29, 1.82) is 0 Å². The SMILES string of the molecule is Cl.Cl.Fc1cccc([C@H](c2cccs2)N2CCNCC2)c1. The van der Waals surface area contributed by atoms with E-state index in [-0.39, 0.29) is 36.7 Å². The fourth-order valence-electron chi connectivity index (χ4n) is 2.62. The summed E-state index contributed by atoms with van der Waals surface area (Å²) in [5.41, 5.74) is 1.05. The Kier molecular flexibility index (Phi) is 7.63. The van der Waals surface area contributed by atoms with Crippen molar-refractivity contribution >= 4 is 36.2 Å². The molecule has 21 heavy (non-hydrogen) atoms. The molecule has 0 aliphatic carbocycles. The summed E-state index contributed by atoms with van der Waals surface area (Å²) in [7, 11) is 0. The zero-order valence-electron chi connectivity index (χ0n) is 11.5. The van der Waals surface area contributed by atoms with E-state index in [0.717, 1.165) is 31.7 Å². The quantitative estimate of drug-likeness (QED) is 0.909. The number of nitrogens with one attached hydrogen (secondary N) is 1. The molecule has 0 bridgehead atoms. The lowest BCUT2D eigenvalue weighted by molar-refractivity contribution is 0.200. The number of piperazine rings is 1. The Labute approximate surface area is 141 Å². The molecule has 1 atom stereocenters. The molecule has 2 nitrogen and oxygen atoms in total. The highest BCUT2D eigenvalue weighted by Crippen LogP contribution is 2.32. The maximum atomic E-state index is 13.5. The van der Waals surface area contributed by atoms with Gasteiger partial charge in [0.1, 0.15) is 5.82 Å². The molecule has 1 aromatic heterocycles. The fourth-order valence-corrected chi connectivity index (χ4v) is 3.50. The van der Waals surface area contributed by atoms with Crippen LogP contribution >= 0.6 is 36.2 Å². The molecule has 1 saturated heterocycles. The fraction of sp³-hybridized carbons (Fsp3) is 0.333. The van der Waals surface area contributed by atoms with Crippen molar-refractivity contribution in [2.75, 3.05) is 26.2 Å². The van der Waals surface area contributed by atoms with Gasteiger partial charge in [-0.15, -0.1) is 36.2 Å². The highest BCUT2D eigenvalue weighted by Gasteiger charge is 2.24. The van der Waals surface area contributed by atoms with Crippen LogP contribution in [0.1, 0.15) is 16.5 Å². The summed E-state index contributed by atoms with van der Waals surface area (Å²) in [5, 5.41) is 5.45. The maximum absolute atomic E-state index is 13.5. The summed E-state index contributed by atoms with van der Waals surface area (Å²) in [6.45, 7) is 3.99. The van der Waals surface area contributed by atoms with E-state index < -0.39 is 0 Å². The average molecular weight is 349 g/mol. The van der Waals surface area contributed by atoms with Gasteiger partial charge in [0, 0.05) is 31.1 Å². The molecule has 1 aliphatic heterocycles. The Morgan fingerprint density at radius 2 is 1.86 bits per heavy atom. The van der Waals surface area contributed by atoms with Gasteiger partial charge in [0.25, 0.3) is 0 Å². The van der Waals surface area contributed by atoms with Gasteiger partial charge in [0.15, 0.2) is 0 Å². The van der Waals surface area contributed by atoms with E-state index in [1.807, 2.05) is 6.07 Å². The zero-order valence-corrected chi connectivity index (χ0v) is 13.9. The first-order valence-corrected chi connectivity index (χ1v) is 7.46. The molecule has 0 amide bonds. The number of benzene rings is 1. The Morgan fingerprint density at radius 3 is 2.48 bits per heavy atom. The van der Waals surface area contributed by atoms with Crippen LogP contribution in [0, 0.1) is 5.82 Å². The molecular formula is C15H19Cl2FN2S. The molecule has 1 aromatic carbocycles. The summed E-state index contributed by atoms with van der Waals surface area (Å²) in [4.78, 5) is 3.71. The Balaban J connectivity index is 0.00000110. The lowest BCUT2D eigenvalue weighted by Crippen LogP contribution is -2.45. The van der Waals surface area contributed by atoms with Crippen molar-refractivity contribution in [2.45, 2.75) is 6.04 Å². The minimum Gasteiger partial charge on any atom is -0.314 e. The first kappa shape index (κ1) is 18.4. The number of nitrogens with zero attached hydrogens (tertiary/aromatic N) is 1. The smallest absolute Gasteiger partial charge is 0.123 e. The van der Waals surface area contributed by atoms with E-state index in [4.69, 9.17) is 0 Å². The summed E-state index contributed by atoms with van der Waals surface area (Å²) in [6.07, 6.45) is 0. The second-order valence-corrected chi connectivity index (χ2v) is 5.74. The van der Waals surface area contributed by atoms with Crippen molar-refractivity contribution in [2.24, 2.45) is 0 Å². The van der Waals surface area contributed by atoms with Gasteiger partial charge in [-0.3, -0.25) is 4.90 Å². The van der Waals surface area contributed by atoms with Gasteiger partial charge in [-0.05, 0) is 29.1 Å². The lowest BCUT2D eigenvalue weighted by Gasteiger charge is -2.34. The van der Waals surface area contributed by atoms with E-state index >= 15 is 0 Å². The van der Waals surface area contributed by atoms with Crippen molar-refractivity contribution in [1.82, 2.24) is 10.2 Å². The summed E-state index contributed by atoms with van der Waals surface area (Å²) in [5.74, 6) is -0.158. The molecule has 0 unspecified atom stereocenters. The van der Waals surface area contributed by atoms with Gasteiger partial charge in [-0.25, -0.2) is 4.39 Å². The summed E-state index contributed by atoms with van der Waals surface area (Å²) < 4.78 is 13.5. The van der Waals surface area contributed by atoms with Gasteiger partial charge >= 0.3 is 0 Å². The van der Waals surface area contributed by atoms with Crippen LogP contribution in [0.2, 0.25) is 0 Å². The van der Waals surface area contributed by atoms with E-state index in [1.165, 1.54) is 10.9 Å². The highest BCUT2D eigenvalue weighted by atomic mass is 35.5. The van der Waals surface area contributed by atoms with Crippen LogP contribution in [0.25, 0.3) is 0 Å². The predicted octanol–water partition coefficient (Wildman–Crippen LogP) is 3.73. The molecule has 3 rings (SSSR count). The number of hydrogen-bond acceptors (Lipinski definition) is 3. The van der Waals surface area contributed by atoms with Crippen LogP contribution in [-0.4, -0.2) is 31.1 Å². The Bertz CT molecular complexity index is 530. The molecule has 0 saturated carbocycles.